The molecule has 0 spiro atoms. The SMILES string of the molecule is CCCOc1ccc(-c2ccc(-c3cc(-c4ccc5nccnc5c4)nn3-c3cccc(C(=O)O)c3)cc2)cc1. The zero-order valence-corrected chi connectivity index (χ0v) is 21.9. The van der Waals surface area contributed by atoms with Crippen LogP contribution in [0, 0.1) is 0 Å². The molecule has 0 bridgehead atoms. The number of carboxylic acids is 1. The first kappa shape index (κ1) is 25.0. The summed E-state index contributed by atoms with van der Waals surface area (Å²) in [5, 5.41) is 14.5. The lowest BCUT2D eigenvalue weighted by atomic mass is 10.0. The van der Waals surface area contributed by atoms with Gasteiger partial charge in [0.2, 0.25) is 0 Å². The maximum absolute atomic E-state index is 11.7. The van der Waals surface area contributed by atoms with Crippen molar-refractivity contribution in [1.82, 2.24) is 19.7 Å². The molecule has 0 aliphatic carbocycles. The Labute approximate surface area is 231 Å². The second kappa shape index (κ2) is 10.8. The van der Waals surface area contributed by atoms with E-state index in [0.29, 0.717) is 12.3 Å². The normalized spacial score (nSPS) is 11.0. The topological polar surface area (TPSA) is 90.1 Å². The van der Waals surface area contributed by atoms with E-state index in [1.807, 2.05) is 42.5 Å². The van der Waals surface area contributed by atoms with Crippen LogP contribution in [0.5, 0.6) is 5.75 Å². The molecular weight excluding hydrogens is 500 g/mol. The average Bonchev–Trinajstić information content (AvgIpc) is 3.46. The molecule has 1 N–H and O–H groups in total. The molecule has 2 aromatic heterocycles. The molecule has 6 rings (SSSR count). The van der Waals surface area contributed by atoms with Crippen molar-refractivity contribution in [3.05, 3.63) is 115 Å². The summed E-state index contributed by atoms with van der Waals surface area (Å²) in [7, 11) is 0. The van der Waals surface area contributed by atoms with Crippen LogP contribution in [-0.2, 0) is 0 Å². The lowest BCUT2D eigenvalue weighted by Crippen LogP contribution is -2.02. The number of hydrogen-bond acceptors (Lipinski definition) is 5. The minimum atomic E-state index is -0.987. The molecule has 7 heteroatoms. The molecule has 0 atom stereocenters. The molecule has 40 heavy (non-hydrogen) atoms. The minimum absolute atomic E-state index is 0.197. The van der Waals surface area contributed by atoms with Crippen molar-refractivity contribution in [2.75, 3.05) is 6.61 Å². The molecule has 6 aromatic rings. The van der Waals surface area contributed by atoms with Gasteiger partial charge in [0, 0.05) is 23.5 Å². The number of benzene rings is 4. The van der Waals surface area contributed by atoms with Crippen LogP contribution < -0.4 is 4.74 Å². The molecule has 0 aliphatic heterocycles. The quantitative estimate of drug-likeness (QED) is 0.224. The van der Waals surface area contributed by atoms with Crippen LogP contribution in [0.15, 0.2) is 109 Å². The van der Waals surface area contributed by atoms with E-state index in [0.717, 1.165) is 56.8 Å². The summed E-state index contributed by atoms with van der Waals surface area (Å²) < 4.78 is 7.50. The summed E-state index contributed by atoms with van der Waals surface area (Å²) in [6, 6.07) is 31.0. The van der Waals surface area contributed by atoms with Gasteiger partial charge in [0.25, 0.3) is 0 Å². The fourth-order valence-electron chi connectivity index (χ4n) is 4.61. The highest BCUT2D eigenvalue weighted by molar-refractivity contribution is 5.88. The molecule has 196 valence electrons. The van der Waals surface area contributed by atoms with E-state index in [1.54, 1.807) is 35.3 Å². The second-order valence-corrected chi connectivity index (χ2v) is 9.39. The highest BCUT2D eigenvalue weighted by atomic mass is 16.5. The fraction of sp³-hybridized carbons (Fsp3) is 0.0909. The number of ether oxygens (including phenoxy) is 1. The smallest absolute Gasteiger partial charge is 0.335 e. The van der Waals surface area contributed by atoms with Crippen molar-refractivity contribution >= 4 is 17.0 Å². The summed E-state index contributed by atoms with van der Waals surface area (Å²) in [6.45, 7) is 2.79. The number of rotatable bonds is 8. The van der Waals surface area contributed by atoms with Gasteiger partial charge in [0.1, 0.15) is 5.75 Å². The van der Waals surface area contributed by atoms with Gasteiger partial charge in [-0.2, -0.15) is 5.10 Å². The Bertz CT molecular complexity index is 1810. The summed E-state index contributed by atoms with van der Waals surface area (Å²) in [5.41, 5.74) is 8.04. The number of aromatic nitrogens is 4. The molecule has 0 aliphatic rings. The maximum atomic E-state index is 11.7. The van der Waals surface area contributed by atoms with Gasteiger partial charge in [-0.3, -0.25) is 9.97 Å². The van der Waals surface area contributed by atoms with Crippen LogP contribution in [0.2, 0.25) is 0 Å². The van der Waals surface area contributed by atoms with Crippen molar-refractivity contribution in [3.63, 3.8) is 0 Å². The molecular formula is C33H26N4O3. The Morgan fingerprint density at radius 3 is 2.17 bits per heavy atom. The number of aromatic carboxylic acids is 1. The van der Waals surface area contributed by atoms with Crippen molar-refractivity contribution in [1.29, 1.82) is 0 Å². The Balaban J connectivity index is 1.40. The predicted octanol–water partition coefficient (Wildman–Crippen LogP) is 7.30. The van der Waals surface area contributed by atoms with Crippen molar-refractivity contribution < 1.29 is 14.6 Å². The van der Waals surface area contributed by atoms with E-state index >= 15 is 0 Å². The molecule has 0 unspecified atom stereocenters. The van der Waals surface area contributed by atoms with Gasteiger partial charge < -0.3 is 9.84 Å². The lowest BCUT2D eigenvalue weighted by Gasteiger charge is -2.10. The second-order valence-electron chi connectivity index (χ2n) is 9.39. The average molecular weight is 527 g/mol. The highest BCUT2D eigenvalue weighted by Gasteiger charge is 2.15. The first-order chi connectivity index (χ1) is 19.6. The summed E-state index contributed by atoms with van der Waals surface area (Å²) >= 11 is 0. The third-order valence-electron chi connectivity index (χ3n) is 6.65. The maximum Gasteiger partial charge on any atom is 0.335 e. The first-order valence-corrected chi connectivity index (χ1v) is 13.1. The van der Waals surface area contributed by atoms with Gasteiger partial charge in [-0.1, -0.05) is 55.5 Å². The summed E-state index contributed by atoms with van der Waals surface area (Å²) in [4.78, 5) is 20.5. The van der Waals surface area contributed by atoms with Crippen molar-refractivity contribution in [3.8, 4) is 45.1 Å². The van der Waals surface area contributed by atoms with Gasteiger partial charge in [-0.15, -0.1) is 0 Å². The lowest BCUT2D eigenvalue weighted by molar-refractivity contribution is 0.0697. The van der Waals surface area contributed by atoms with E-state index in [4.69, 9.17) is 9.84 Å². The van der Waals surface area contributed by atoms with Gasteiger partial charge in [0.15, 0.2) is 0 Å². The zero-order chi connectivity index (χ0) is 27.5. The Hall–Kier alpha value is -5.30. The van der Waals surface area contributed by atoms with Crippen molar-refractivity contribution in [2.24, 2.45) is 0 Å². The molecule has 0 saturated carbocycles. The van der Waals surface area contributed by atoms with Gasteiger partial charge in [-0.25, -0.2) is 9.48 Å². The van der Waals surface area contributed by atoms with Crippen LogP contribution in [0.3, 0.4) is 0 Å². The van der Waals surface area contributed by atoms with Crippen LogP contribution >= 0.6 is 0 Å². The number of nitrogens with zero attached hydrogens (tertiary/aromatic N) is 4. The van der Waals surface area contributed by atoms with Gasteiger partial charge in [-0.05, 0) is 66.1 Å². The van der Waals surface area contributed by atoms with Gasteiger partial charge >= 0.3 is 5.97 Å². The standard InChI is InChI=1S/C33H26N4O3/c1-2-18-40-28-13-10-23(11-14-28)22-6-8-24(9-7-22)32-21-30(25-12-15-29-31(20-25)35-17-16-34-29)36-37(32)27-5-3-4-26(19-27)33(38)39/h3-17,19-21H,2,18H2,1H3,(H,38,39). The van der Waals surface area contributed by atoms with Crippen molar-refractivity contribution in [2.45, 2.75) is 13.3 Å². The third kappa shape index (κ3) is 5.05. The Morgan fingerprint density at radius 2 is 1.45 bits per heavy atom. The zero-order valence-electron chi connectivity index (χ0n) is 21.9. The molecule has 2 heterocycles. The van der Waals surface area contributed by atoms with E-state index in [-0.39, 0.29) is 5.56 Å². The molecule has 0 amide bonds. The van der Waals surface area contributed by atoms with E-state index in [2.05, 4.69) is 53.3 Å². The molecule has 0 radical (unpaired) electrons. The summed E-state index contributed by atoms with van der Waals surface area (Å²) in [5.74, 6) is -0.124. The van der Waals surface area contributed by atoms with E-state index in [9.17, 15) is 9.90 Å². The molecule has 0 fully saturated rings. The minimum Gasteiger partial charge on any atom is -0.494 e. The number of hydrogen-bond donors (Lipinski definition) is 1. The Morgan fingerprint density at radius 1 is 0.775 bits per heavy atom. The monoisotopic (exact) mass is 526 g/mol. The van der Waals surface area contributed by atoms with Crippen LogP contribution in [-0.4, -0.2) is 37.4 Å². The molecule has 0 saturated heterocycles. The predicted molar refractivity (Wildman–Crippen MR) is 156 cm³/mol. The Kier molecular flexibility index (Phi) is 6.77. The molecule has 4 aromatic carbocycles. The number of carboxylic acid groups (broad SMARTS) is 1. The van der Waals surface area contributed by atoms with Crippen LogP contribution in [0.4, 0.5) is 0 Å². The van der Waals surface area contributed by atoms with Gasteiger partial charge in [0.05, 0.1) is 40.3 Å². The van der Waals surface area contributed by atoms with E-state index < -0.39 is 5.97 Å². The summed E-state index contributed by atoms with van der Waals surface area (Å²) in [6.07, 6.45) is 4.31. The third-order valence-corrected chi connectivity index (χ3v) is 6.65. The largest absolute Gasteiger partial charge is 0.494 e. The molecule has 7 nitrogen and oxygen atoms in total. The highest BCUT2D eigenvalue weighted by Crippen LogP contribution is 2.32. The number of carbonyl (C=O) groups is 1. The van der Waals surface area contributed by atoms with Crippen LogP contribution in [0.25, 0.3) is 50.4 Å². The van der Waals surface area contributed by atoms with E-state index in [1.165, 1.54) is 0 Å². The van der Waals surface area contributed by atoms with Crippen LogP contribution in [0.1, 0.15) is 23.7 Å². The number of fused-ring (bicyclic) bond motifs is 1. The first-order valence-electron chi connectivity index (χ1n) is 13.1. The fourth-order valence-corrected chi connectivity index (χ4v) is 4.61.